The van der Waals surface area contributed by atoms with E-state index in [1.54, 1.807) is 0 Å². The molecule has 2 heterocycles. The third-order valence-electron chi connectivity index (χ3n) is 5.58. The number of carbonyl (C=O) groups excluding carboxylic acids is 3. The maximum absolute atomic E-state index is 13.3. The van der Waals surface area contributed by atoms with Crippen LogP contribution >= 0.6 is 0 Å². The summed E-state index contributed by atoms with van der Waals surface area (Å²) in [6.45, 7) is 5.47. The summed E-state index contributed by atoms with van der Waals surface area (Å²) < 4.78 is 0. The molecule has 0 bridgehead atoms. The molecule has 0 aromatic carbocycles. The van der Waals surface area contributed by atoms with Crippen LogP contribution in [0.25, 0.3) is 0 Å². The molecular weight excluding hydrogens is 432 g/mol. The maximum Gasteiger partial charge on any atom is 0.326 e. The lowest BCUT2D eigenvalue weighted by atomic mass is 10.0. The number of nitrogens with zero attached hydrogens (tertiary/aromatic N) is 2. The molecule has 0 radical (unpaired) electrons. The van der Waals surface area contributed by atoms with Crippen molar-refractivity contribution in [2.75, 3.05) is 6.54 Å². The zero-order valence-corrected chi connectivity index (χ0v) is 19.2. The molecule has 12 heteroatoms. The number of nitrogens with one attached hydrogen (secondary N) is 3. The number of carboxylic acids is 1. The van der Waals surface area contributed by atoms with Crippen molar-refractivity contribution in [2.45, 2.75) is 76.7 Å². The van der Waals surface area contributed by atoms with E-state index in [1.165, 1.54) is 24.3 Å². The minimum absolute atomic E-state index is 0.0189. The first-order valence-electron chi connectivity index (χ1n) is 11.1. The van der Waals surface area contributed by atoms with Gasteiger partial charge < -0.3 is 36.5 Å². The number of nitrogens with two attached hydrogens (primary N) is 1. The molecule has 1 aromatic rings. The average molecular weight is 467 g/mol. The third-order valence-corrected chi connectivity index (χ3v) is 5.58. The minimum Gasteiger partial charge on any atom is -0.480 e. The number of aliphatic hydroxyl groups is 1. The van der Waals surface area contributed by atoms with Crippen molar-refractivity contribution >= 4 is 23.7 Å². The van der Waals surface area contributed by atoms with Crippen molar-refractivity contribution in [1.29, 1.82) is 0 Å². The van der Waals surface area contributed by atoms with Gasteiger partial charge in [0.2, 0.25) is 17.7 Å². The number of amides is 3. The number of carboxylic acid groups (broad SMARTS) is 1. The molecule has 1 aliphatic heterocycles. The van der Waals surface area contributed by atoms with E-state index in [0.29, 0.717) is 31.5 Å². The Balaban J connectivity index is 2.12. The van der Waals surface area contributed by atoms with Crippen LogP contribution in [0.5, 0.6) is 0 Å². The Morgan fingerprint density at radius 3 is 2.48 bits per heavy atom. The Kier molecular flexibility index (Phi) is 9.35. The highest BCUT2D eigenvalue weighted by Crippen LogP contribution is 2.21. The molecule has 5 atom stereocenters. The summed E-state index contributed by atoms with van der Waals surface area (Å²) in [5.74, 6) is -2.81. The fourth-order valence-corrected chi connectivity index (χ4v) is 3.77. The molecule has 0 aliphatic carbocycles. The second-order valence-corrected chi connectivity index (χ2v) is 8.83. The molecule has 0 spiro atoms. The van der Waals surface area contributed by atoms with E-state index in [1.807, 2.05) is 13.8 Å². The Labute approximate surface area is 192 Å². The fourth-order valence-electron chi connectivity index (χ4n) is 3.77. The zero-order valence-electron chi connectivity index (χ0n) is 19.2. The summed E-state index contributed by atoms with van der Waals surface area (Å²) in [7, 11) is 0. The monoisotopic (exact) mass is 466 g/mol. The van der Waals surface area contributed by atoms with Crippen LogP contribution in [0, 0.1) is 5.92 Å². The molecule has 1 fully saturated rings. The van der Waals surface area contributed by atoms with Crippen molar-refractivity contribution in [1.82, 2.24) is 25.5 Å². The predicted octanol–water partition coefficient (Wildman–Crippen LogP) is -1.25. The number of hydrogen-bond acceptors (Lipinski definition) is 7. The third kappa shape index (κ3) is 7.26. The van der Waals surface area contributed by atoms with Crippen molar-refractivity contribution in [3.05, 3.63) is 18.2 Å². The van der Waals surface area contributed by atoms with Gasteiger partial charge in [0.25, 0.3) is 0 Å². The van der Waals surface area contributed by atoms with E-state index in [-0.39, 0.29) is 12.3 Å². The summed E-state index contributed by atoms with van der Waals surface area (Å²) in [4.78, 5) is 58.3. The first-order valence-corrected chi connectivity index (χ1v) is 11.1. The van der Waals surface area contributed by atoms with Gasteiger partial charge in [-0.2, -0.15) is 0 Å². The van der Waals surface area contributed by atoms with Crippen molar-refractivity contribution < 1.29 is 29.4 Å². The Morgan fingerprint density at radius 1 is 1.24 bits per heavy atom. The first-order chi connectivity index (χ1) is 15.5. The van der Waals surface area contributed by atoms with E-state index in [9.17, 15) is 29.4 Å². The normalized spacial score (nSPS) is 19.6. The highest BCUT2D eigenvalue weighted by atomic mass is 16.4. The fraction of sp³-hybridized carbons (Fsp3) is 0.667. The van der Waals surface area contributed by atoms with E-state index < -0.39 is 54.0 Å². The Bertz CT molecular complexity index is 827. The van der Waals surface area contributed by atoms with E-state index in [2.05, 4.69) is 20.6 Å². The largest absolute Gasteiger partial charge is 0.480 e. The van der Waals surface area contributed by atoms with Gasteiger partial charge in [-0.25, -0.2) is 9.78 Å². The number of carbonyl (C=O) groups is 4. The molecule has 5 unspecified atom stereocenters. The number of H-pyrrole nitrogens is 1. The van der Waals surface area contributed by atoms with Gasteiger partial charge in [-0.1, -0.05) is 13.8 Å². The number of rotatable bonds is 11. The predicted molar refractivity (Wildman–Crippen MR) is 118 cm³/mol. The topological polar surface area (TPSA) is 191 Å². The van der Waals surface area contributed by atoms with Gasteiger partial charge in [0.05, 0.1) is 12.4 Å². The lowest BCUT2D eigenvalue weighted by Crippen LogP contribution is -2.58. The highest BCUT2D eigenvalue weighted by molar-refractivity contribution is 5.94. The molecule has 1 aliphatic rings. The van der Waals surface area contributed by atoms with Crippen LogP contribution in [0.1, 0.15) is 45.7 Å². The van der Waals surface area contributed by atoms with Crippen LogP contribution < -0.4 is 16.4 Å². The molecular formula is C21H34N6O6. The number of hydrogen-bond donors (Lipinski definition) is 6. The summed E-state index contributed by atoms with van der Waals surface area (Å²) >= 11 is 0. The molecule has 7 N–H and O–H groups in total. The zero-order chi connectivity index (χ0) is 24.7. The second-order valence-electron chi connectivity index (χ2n) is 8.83. The summed E-state index contributed by atoms with van der Waals surface area (Å²) in [6, 6.07) is -4.15. The number of imidazole rings is 1. The lowest BCUT2D eigenvalue weighted by molar-refractivity contribution is -0.145. The number of aromatic nitrogens is 2. The molecule has 12 nitrogen and oxygen atoms in total. The van der Waals surface area contributed by atoms with E-state index >= 15 is 0 Å². The van der Waals surface area contributed by atoms with Gasteiger partial charge in [-0.15, -0.1) is 0 Å². The van der Waals surface area contributed by atoms with Crippen LogP contribution in [0.2, 0.25) is 0 Å². The Hall–Kier alpha value is -2.99. The lowest BCUT2D eigenvalue weighted by Gasteiger charge is -2.30. The van der Waals surface area contributed by atoms with Crippen LogP contribution in [-0.4, -0.2) is 85.6 Å². The van der Waals surface area contributed by atoms with Crippen LogP contribution in [-0.2, 0) is 25.6 Å². The van der Waals surface area contributed by atoms with Gasteiger partial charge in [-0.05, 0) is 32.1 Å². The van der Waals surface area contributed by atoms with Gasteiger partial charge in [0, 0.05) is 24.9 Å². The second kappa shape index (κ2) is 11.8. The van der Waals surface area contributed by atoms with Crippen molar-refractivity contribution in [3.63, 3.8) is 0 Å². The van der Waals surface area contributed by atoms with Crippen LogP contribution in [0.15, 0.2) is 12.5 Å². The molecule has 2 rings (SSSR count). The summed E-state index contributed by atoms with van der Waals surface area (Å²) in [6.07, 6.45) is 3.09. The van der Waals surface area contributed by atoms with Gasteiger partial charge >= 0.3 is 5.97 Å². The molecule has 1 saturated heterocycles. The number of aliphatic carboxylic acids is 1. The number of likely N-dealkylation sites (tertiary alicyclic amines) is 1. The van der Waals surface area contributed by atoms with Crippen LogP contribution in [0.4, 0.5) is 0 Å². The van der Waals surface area contributed by atoms with Gasteiger partial charge in [-0.3, -0.25) is 14.4 Å². The van der Waals surface area contributed by atoms with Crippen LogP contribution in [0.3, 0.4) is 0 Å². The number of aliphatic hydroxyl groups excluding tert-OH is 1. The summed E-state index contributed by atoms with van der Waals surface area (Å²) in [5.41, 5.74) is 6.25. The summed E-state index contributed by atoms with van der Waals surface area (Å²) in [5, 5.41) is 24.2. The standard InChI is InChI=1S/C21H34N6O6/c1-11(2)7-14(25-19(30)17(22)12(3)28)20(31)27-6-4-5-16(27)18(29)26-15(21(32)33)8-13-9-23-10-24-13/h9-12,14-17,28H,4-8,22H2,1-3H3,(H,23,24)(H,25,30)(H,26,29)(H,32,33). The first kappa shape index (κ1) is 26.3. The molecule has 1 aromatic heterocycles. The SMILES string of the molecule is CC(C)CC(NC(=O)C(N)C(C)O)C(=O)N1CCCC1C(=O)NC(Cc1cnc[nH]1)C(=O)O. The minimum atomic E-state index is -1.20. The molecule has 3 amide bonds. The highest BCUT2D eigenvalue weighted by Gasteiger charge is 2.39. The number of aromatic amines is 1. The average Bonchev–Trinajstić information content (AvgIpc) is 3.43. The molecule has 33 heavy (non-hydrogen) atoms. The van der Waals surface area contributed by atoms with Gasteiger partial charge in [0.1, 0.15) is 24.2 Å². The van der Waals surface area contributed by atoms with E-state index in [0.717, 1.165) is 0 Å². The maximum atomic E-state index is 13.3. The quantitative estimate of drug-likeness (QED) is 0.233. The molecule has 0 saturated carbocycles. The van der Waals surface area contributed by atoms with Gasteiger partial charge in [0.15, 0.2) is 0 Å². The Morgan fingerprint density at radius 2 is 1.94 bits per heavy atom. The van der Waals surface area contributed by atoms with E-state index in [4.69, 9.17) is 5.73 Å². The molecule has 184 valence electrons. The van der Waals surface area contributed by atoms with Crippen molar-refractivity contribution in [2.24, 2.45) is 11.7 Å². The van der Waals surface area contributed by atoms with Crippen molar-refractivity contribution in [3.8, 4) is 0 Å². The smallest absolute Gasteiger partial charge is 0.326 e.